The van der Waals surface area contributed by atoms with E-state index in [1.165, 1.54) is 0 Å². The minimum absolute atomic E-state index is 0. The molecule has 2 aromatic heterocycles. The van der Waals surface area contributed by atoms with Gasteiger partial charge in [-0.05, 0) is 13.0 Å². The Morgan fingerprint density at radius 1 is 1.21 bits per heavy atom. The van der Waals surface area contributed by atoms with Gasteiger partial charge in [-0.2, -0.15) is 5.10 Å². The molecule has 2 N–H and O–H groups in total. The second-order valence-electron chi connectivity index (χ2n) is 4.11. The fraction of sp³-hybridized carbons (Fsp3) is 0.231. The monoisotopic (exact) mass is 294 g/mol. The number of rotatable bonds is 4. The third kappa shape index (κ3) is 2.94. The predicted octanol–water partition coefficient (Wildman–Crippen LogP) is 2.77. The zero-order valence-electron chi connectivity index (χ0n) is 10.3. The van der Waals surface area contributed by atoms with E-state index >= 15 is 0 Å². The Bertz CT molecular complexity index is 616. The minimum Gasteiger partial charge on any atom is -0.330 e. The number of benzene rings is 1. The fourth-order valence-electron chi connectivity index (χ4n) is 1.84. The van der Waals surface area contributed by atoms with Crippen molar-refractivity contribution >= 4 is 28.7 Å². The number of nitrogens with zero attached hydrogens (tertiary/aromatic N) is 3. The molecule has 0 fully saturated rings. The maximum Gasteiger partial charge on any atom is 0.212 e. The van der Waals surface area contributed by atoms with E-state index in [0.717, 1.165) is 34.1 Å². The molecule has 4 nitrogen and oxygen atoms in total. The van der Waals surface area contributed by atoms with Gasteiger partial charge in [-0.3, -0.25) is 0 Å². The number of imidazole rings is 1. The van der Waals surface area contributed by atoms with E-state index in [0.29, 0.717) is 6.54 Å². The van der Waals surface area contributed by atoms with E-state index in [2.05, 4.69) is 22.2 Å². The van der Waals surface area contributed by atoms with Crippen molar-refractivity contribution in [1.29, 1.82) is 0 Å². The Morgan fingerprint density at radius 3 is 2.68 bits per heavy atom. The van der Waals surface area contributed by atoms with Crippen molar-refractivity contribution in [3.8, 4) is 11.3 Å². The molecule has 0 aliphatic rings. The first-order chi connectivity index (χ1) is 8.86. The van der Waals surface area contributed by atoms with E-state index in [1.807, 2.05) is 28.9 Å². The SMILES string of the molecule is Cl.NCCCc1nn2cc(-c3ccccc3)nc2s1. The average Bonchev–Trinajstić information content (AvgIpc) is 2.95. The van der Waals surface area contributed by atoms with Gasteiger partial charge in [0.15, 0.2) is 0 Å². The summed E-state index contributed by atoms with van der Waals surface area (Å²) in [6.07, 6.45) is 3.89. The quantitative estimate of drug-likeness (QED) is 0.805. The molecule has 0 atom stereocenters. The van der Waals surface area contributed by atoms with Gasteiger partial charge in [0.2, 0.25) is 4.96 Å². The highest BCUT2D eigenvalue weighted by Crippen LogP contribution is 2.22. The van der Waals surface area contributed by atoms with Gasteiger partial charge in [-0.15, -0.1) is 12.4 Å². The Hall–Kier alpha value is -1.43. The molecule has 0 amide bonds. The molecule has 0 unspecified atom stereocenters. The summed E-state index contributed by atoms with van der Waals surface area (Å²) in [5, 5.41) is 5.61. The second-order valence-corrected chi connectivity index (χ2v) is 5.15. The van der Waals surface area contributed by atoms with Crippen LogP contribution >= 0.6 is 23.7 Å². The maximum absolute atomic E-state index is 5.50. The summed E-state index contributed by atoms with van der Waals surface area (Å²) in [7, 11) is 0. The van der Waals surface area contributed by atoms with Crippen molar-refractivity contribution in [3.63, 3.8) is 0 Å². The molecule has 2 heterocycles. The van der Waals surface area contributed by atoms with Crippen LogP contribution in [-0.4, -0.2) is 21.1 Å². The van der Waals surface area contributed by atoms with Gasteiger partial charge in [0.25, 0.3) is 0 Å². The standard InChI is InChI=1S/C13H14N4S.ClH/c14-8-4-7-12-16-17-9-11(15-13(17)18-12)10-5-2-1-3-6-10;/h1-3,5-6,9H,4,7-8,14H2;1H. The second kappa shape index (κ2) is 6.14. The number of halogens is 1. The minimum atomic E-state index is 0. The first-order valence-corrected chi connectivity index (χ1v) is 6.79. The Labute approximate surface area is 121 Å². The van der Waals surface area contributed by atoms with Crippen molar-refractivity contribution in [1.82, 2.24) is 14.6 Å². The lowest BCUT2D eigenvalue weighted by Crippen LogP contribution is -2.00. The molecule has 0 aliphatic heterocycles. The van der Waals surface area contributed by atoms with Crippen LogP contribution in [0.15, 0.2) is 36.5 Å². The molecular weight excluding hydrogens is 280 g/mol. The zero-order valence-corrected chi connectivity index (χ0v) is 12.0. The van der Waals surface area contributed by atoms with E-state index < -0.39 is 0 Å². The molecule has 3 aromatic rings. The van der Waals surface area contributed by atoms with Crippen LogP contribution in [0.4, 0.5) is 0 Å². The van der Waals surface area contributed by atoms with Gasteiger partial charge in [0.05, 0.1) is 11.9 Å². The number of aryl methyl sites for hydroxylation is 1. The molecule has 0 saturated carbocycles. The molecular formula is C13H15ClN4S. The molecule has 0 spiro atoms. The molecule has 0 saturated heterocycles. The summed E-state index contributed by atoms with van der Waals surface area (Å²) >= 11 is 1.64. The number of hydrogen-bond acceptors (Lipinski definition) is 4. The summed E-state index contributed by atoms with van der Waals surface area (Å²) in [5.41, 5.74) is 7.60. The molecule has 19 heavy (non-hydrogen) atoms. The normalized spacial score (nSPS) is 10.6. The summed E-state index contributed by atoms with van der Waals surface area (Å²) in [6, 6.07) is 10.2. The van der Waals surface area contributed by atoms with Crippen molar-refractivity contribution in [2.45, 2.75) is 12.8 Å². The molecule has 6 heteroatoms. The topological polar surface area (TPSA) is 56.2 Å². The summed E-state index contributed by atoms with van der Waals surface area (Å²) in [5.74, 6) is 0. The Kier molecular flexibility index (Phi) is 4.52. The summed E-state index contributed by atoms with van der Waals surface area (Å²) in [6.45, 7) is 0.706. The average molecular weight is 295 g/mol. The van der Waals surface area contributed by atoms with Crippen molar-refractivity contribution < 1.29 is 0 Å². The molecule has 100 valence electrons. The first-order valence-electron chi connectivity index (χ1n) is 5.97. The number of aromatic nitrogens is 3. The maximum atomic E-state index is 5.50. The van der Waals surface area contributed by atoms with Crippen molar-refractivity contribution in [3.05, 3.63) is 41.5 Å². The molecule has 3 rings (SSSR count). The molecule has 0 radical (unpaired) electrons. The lowest BCUT2D eigenvalue weighted by atomic mass is 10.2. The van der Waals surface area contributed by atoms with Gasteiger partial charge in [-0.1, -0.05) is 41.7 Å². The lowest BCUT2D eigenvalue weighted by molar-refractivity contribution is 0.799. The third-order valence-corrected chi connectivity index (χ3v) is 3.73. The van der Waals surface area contributed by atoms with Crippen LogP contribution in [0.3, 0.4) is 0 Å². The Balaban J connectivity index is 0.00000133. The predicted molar refractivity (Wildman–Crippen MR) is 80.9 cm³/mol. The highest BCUT2D eigenvalue weighted by Gasteiger charge is 2.08. The third-order valence-electron chi connectivity index (χ3n) is 2.75. The van der Waals surface area contributed by atoms with Gasteiger partial charge < -0.3 is 5.73 Å². The van der Waals surface area contributed by atoms with Crippen LogP contribution in [0, 0.1) is 0 Å². The van der Waals surface area contributed by atoms with Crippen LogP contribution in [0.25, 0.3) is 16.2 Å². The fourth-order valence-corrected chi connectivity index (χ4v) is 2.76. The smallest absolute Gasteiger partial charge is 0.212 e. The molecule has 1 aromatic carbocycles. The van der Waals surface area contributed by atoms with Gasteiger partial charge in [-0.25, -0.2) is 9.50 Å². The largest absolute Gasteiger partial charge is 0.330 e. The van der Waals surface area contributed by atoms with Crippen LogP contribution in [0.1, 0.15) is 11.4 Å². The summed E-state index contributed by atoms with van der Waals surface area (Å²) < 4.78 is 1.86. The van der Waals surface area contributed by atoms with Gasteiger partial charge >= 0.3 is 0 Å². The number of fused-ring (bicyclic) bond motifs is 1. The van der Waals surface area contributed by atoms with Crippen molar-refractivity contribution in [2.24, 2.45) is 5.73 Å². The van der Waals surface area contributed by atoms with Crippen LogP contribution in [0.5, 0.6) is 0 Å². The first kappa shape index (κ1) is 14.0. The van der Waals surface area contributed by atoms with Gasteiger partial charge in [0, 0.05) is 12.0 Å². The number of hydrogen-bond donors (Lipinski definition) is 1. The van der Waals surface area contributed by atoms with Gasteiger partial charge in [0.1, 0.15) is 5.01 Å². The van der Waals surface area contributed by atoms with Crippen LogP contribution in [-0.2, 0) is 6.42 Å². The Morgan fingerprint density at radius 2 is 2.00 bits per heavy atom. The summed E-state index contributed by atoms with van der Waals surface area (Å²) in [4.78, 5) is 5.54. The molecule has 0 bridgehead atoms. The van der Waals surface area contributed by atoms with Crippen LogP contribution in [0.2, 0.25) is 0 Å². The van der Waals surface area contributed by atoms with E-state index in [9.17, 15) is 0 Å². The molecule has 0 aliphatic carbocycles. The van der Waals surface area contributed by atoms with E-state index in [4.69, 9.17) is 5.73 Å². The highest BCUT2D eigenvalue weighted by molar-refractivity contribution is 7.16. The van der Waals surface area contributed by atoms with E-state index in [1.54, 1.807) is 11.3 Å². The van der Waals surface area contributed by atoms with Crippen molar-refractivity contribution in [2.75, 3.05) is 6.54 Å². The highest BCUT2D eigenvalue weighted by atomic mass is 35.5. The number of nitrogens with two attached hydrogens (primary N) is 1. The van der Waals surface area contributed by atoms with Crippen LogP contribution < -0.4 is 5.73 Å². The van der Waals surface area contributed by atoms with E-state index in [-0.39, 0.29) is 12.4 Å². The zero-order chi connectivity index (χ0) is 12.4. The lowest BCUT2D eigenvalue weighted by Gasteiger charge is -1.93.